The number of benzene rings is 1. The highest BCUT2D eigenvalue weighted by atomic mass is 16.5. The number of carbonyl (C=O) groups is 1. The van der Waals surface area contributed by atoms with Gasteiger partial charge in [0.1, 0.15) is 11.5 Å². The van der Waals surface area contributed by atoms with Gasteiger partial charge < -0.3 is 19.3 Å². The highest BCUT2D eigenvalue weighted by Gasteiger charge is 2.21. The van der Waals surface area contributed by atoms with Crippen molar-refractivity contribution in [3.63, 3.8) is 0 Å². The second-order valence-electron chi connectivity index (χ2n) is 4.28. The van der Waals surface area contributed by atoms with Crippen molar-refractivity contribution in [2.75, 3.05) is 21.3 Å². The van der Waals surface area contributed by atoms with Crippen LogP contribution in [0, 0.1) is 5.92 Å². The normalized spacial score (nSPS) is 13.5. The summed E-state index contributed by atoms with van der Waals surface area (Å²) in [4.78, 5) is 11.3. The van der Waals surface area contributed by atoms with Gasteiger partial charge in [-0.1, -0.05) is 6.92 Å². The van der Waals surface area contributed by atoms with Crippen LogP contribution in [-0.4, -0.2) is 32.4 Å². The molecule has 0 aliphatic heterocycles. The van der Waals surface area contributed by atoms with E-state index in [-0.39, 0.29) is 18.3 Å². The van der Waals surface area contributed by atoms with Crippen molar-refractivity contribution in [2.45, 2.75) is 19.4 Å². The highest BCUT2D eigenvalue weighted by molar-refractivity contribution is 5.71. The van der Waals surface area contributed by atoms with Gasteiger partial charge in [-0.15, -0.1) is 0 Å². The Kier molecular flexibility index (Phi) is 5.63. The Morgan fingerprint density at radius 1 is 1.26 bits per heavy atom. The van der Waals surface area contributed by atoms with Gasteiger partial charge in [-0.3, -0.25) is 4.79 Å². The number of hydrogen-bond donors (Lipinski definition) is 1. The van der Waals surface area contributed by atoms with Crippen LogP contribution in [0.4, 0.5) is 0 Å². The molecule has 1 aromatic carbocycles. The highest BCUT2D eigenvalue weighted by Crippen LogP contribution is 2.32. The minimum absolute atomic E-state index is 0.273. The molecule has 0 saturated carbocycles. The Labute approximate surface area is 113 Å². The fourth-order valence-corrected chi connectivity index (χ4v) is 1.85. The molecule has 0 radical (unpaired) electrons. The van der Waals surface area contributed by atoms with E-state index in [1.807, 2.05) is 0 Å². The molecule has 0 aliphatic rings. The Bertz CT molecular complexity index is 430. The van der Waals surface area contributed by atoms with Crippen LogP contribution in [0.2, 0.25) is 0 Å². The fourth-order valence-electron chi connectivity index (χ4n) is 1.85. The van der Waals surface area contributed by atoms with Crippen molar-refractivity contribution < 1.29 is 24.1 Å². The molecule has 0 aromatic heterocycles. The van der Waals surface area contributed by atoms with Crippen LogP contribution < -0.4 is 9.47 Å². The van der Waals surface area contributed by atoms with Crippen molar-refractivity contribution in [3.05, 3.63) is 23.8 Å². The molecule has 0 spiro atoms. The lowest BCUT2D eigenvalue weighted by Crippen LogP contribution is -2.16. The summed E-state index contributed by atoms with van der Waals surface area (Å²) in [5.74, 6) is 0.455. The zero-order valence-electron chi connectivity index (χ0n) is 11.7. The third-order valence-corrected chi connectivity index (χ3v) is 2.98. The lowest BCUT2D eigenvalue weighted by Gasteiger charge is -2.18. The number of aliphatic hydroxyl groups is 1. The first-order valence-electron chi connectivity index (χ1n) is 6.01. The third kappa shape index (κ3) is 3.86. The van der Waals surface area contributed by atoms with E-state index in [1.54, 1.807) is 32.2 Å². The molecular weight excluding hydrogens is 248 g/mol. The molecule has 0 saturated heterocycles. The maximum atomic E-state index is 11.3. The van der Waals surface area contributed by atoms with E-state index >= 15 is 0 Å². The van der Waals surface area contributed by atoms with Crippen molar-refractivity contribution in [1.29, 1.82) is 0 Å². The van der Waals surface area contributed by atoms with Crippen molar-refractivity contribution in [1.82, 2.24) is 0 Å². The average Bonchev–Trinajstić information content (AvgIpc) is 2.45. The van der Waals surface area contributed by atoms with Gasteiger partial charge in [-0.25, -0.2) is 0 Å². The summed E-state index contributed by atoms with van der Waals surface area (Å²) < 4.78 is 15.0. The largest absolute Gasteiger partial charge is 0.497 e. The summed E-state index contributed by atoms with van der Waals surface area (Å²) in [5.41, 5.74) is 0.624. The van der Waals surface area contributed by atoms with Crippen LogP contribution >= 0.6 is 0 Å². The smallest absolute Gasteiger partial charge is 0.308 e. The van der Waals surface area contributed by atoms with E-state index in [0.717, 1.165) is 0 Å². The van der Waals surface area contributed by atoms with E-state index < -0.39 is 6.10 Å². The Morgan fingerprint density at radius 2 is 1.95 bits per heavy atom. The standard InChI is InChI=1S/C14H20O5/c1-9(14(16)19-4)7-12(15)11-6-5-10(17-2)8-13(11)18-3/h5-6,8-9,12,15H,7H2,1-4H3. The first-order valence-corrected chi connectivity index (χ1v) is 6.01. The zero-order chi connectivity index (χ0) is 14.4. The molecule has 2 atom stereocenters. The van der Waals surface area contributed by atoms with E-state index in [1.165, 1.54) is 14.2 Å². The Morgan fingerprint density at radius 3 is 2.47 bits per heavy atom. The number of hydrogen-bond acceptors (Lipinski definition) is 5. The molecule has 0 heterocycles. The molecule has 106 valence electrons. The molecule has 0 amide bonds. The topological polar surface area (TPSA) is 65.0 Å². The first kappa shape index (κ1) is 15.3. The molecule has 5 nitrogen and oxygen atoms in total. The predicted molar refractivity (Wildman–Crippen MR) is 70.3 cm³/mol. The van der Waals surface area contributed by atoms with Crippen LogP contribution in [0.1, 0.15) is 25.0 Å². The second kappa shape index (κ2) is 6.99. The average molecular weight is 268 g/mol. The summed E-state index contributed by atoms with van der Waals surface area (Å²) in [7, 11) is 4.41. The van der Waals surface area contributed by atoms with Crippen LogP contribution in [0.3, 0.4) is 0 Å². The van der Waals surface area contributed by atoms with E-state index in [0.29, 0.717) is 17.1 Å². The van der Waals surface area contributed by atoms with Gasteiger partial charge >= 0.3 is 5.97 Å². The molecule has 0 fully saturated rings. The molecule has 1 aromatic rings. The quantitative estimate of drug-likeness (QED) is 0.799. The van der Waals surface area contributed by atoms with Gasteiger partial charge in [0.15, 0.2) is 0 Å². The fraction of sp³-hybridized carbons (Fsp3) is 0.500. The van der Waals surface area contributed by atoms with Gasteiger partial charge in [-0.05, 0) is 18.6 Å². The van der Waals surface area contributed by atoms with Gasteiger partial charge in [0.2, 0.25) is 0 Å². The van der Waals surface area contributed by atoms with Gasteiger partial charge in [0.05, 0.1) is 33.4 Å². The molecular formula is C14H20O5. The summed E-state index contributed by atoms with van der Waals surface area (Å²) >= 11 is 0. The summed E-state index contributed by atoms with van der Waals surface area (Å²) in [6.07, 6.45) is -0.523. The van der Waals surface area contributed by atoms with E-state index in [9.17, 15) is 9.90 Å². The Balaban J connectivity index is 2.87. The molecule has 2 unspecified atom stereocenters. The van der Waals surface area contributed by atoms with Crippen LogP contribution in [0.25, 0.3) is 0 Å². The predicted octanol–water partition coefficient (Wildman–Crippen LogP) is 1.94. The molecule has 5 heteroatoms. The van der Waals surface area contributed by atoms with E-state index in [2.05, 4.69) is 4.74 Å². The van der Waals surface area contributed by atoms with E-state index in [4.69, 9.17) is 9.47 Å². The number of carbonyl (C=O) groups excluding carboxylic acids is 1. The van der Waals surface area contributed by atoms with Gasteiger partial charge in [0, 0.05) is 11.6 Å². The zero-order valence-corrected chi connectivity index (χ0v) is 11.7. The van der Waals surface area contributed by atoms with Gasteiger partial charge in [0.25, 0.3) is 0 Å². The summed E-state index contributed by atoms with van der Waals surface area (Å²) in [6, 6.07) is 5.16. The molecule has 0 aliphatic carbocycles. The second-order valence-corrected chi connectivity index (χ2v) is 4.28. The van der Waals surface area contributed by atoms with Crippen LogP contribution in [-0.2, 0) is 9.53 Å². The van der Waals surface area contributed by atoms with Gasteiger partial charge in [-0.2, -0.15) is 0 Å². The SMILES string of the molecule is COC(=O)C(C)CC(O)c1ccc(OC)cc1OC. The molecule has 1 N–H and O–H groups in total. The van der Waals surface area contributed by atoms with Crippen LogP contribution in [0.15, 0.2) is 18.2 Å². The number of aliphatic hydroxyl groups excluding tert-OH is 1. The minimum Gasteiger partial charge on any atom is -0.497 e. The molecule has 19 heavy (non-hydrogen) atoms. The maximum absolute atomic E-state index is 11.3. The summed E-state index contributed by atoms with van der Waals surface area (Å²) in [6.45, 7) is 1.71. The van der Waals surface area contributed by atoms with Crippen molar-refractivity contribution in [2.24, 2.45) is 5.92 Å². The third-order valence-electron chi connectivity index (χ3n) is 2.98. The number of rotatable bonds is 6. The molecule has 0 bridgehead atoms. The Hall–Kier alpha value is -1.75. The monoisotopic (exact) mass is 268 g/mol. The lowest BCUT2D eigenvalue weighted by molar-refractivity contribution is -0.145. The first-order chi connectivity index (χ1) is 9.03. The number of methoxy groups -OCH3 is 3. The number of ether oxygens (including phenoxy) is 3. The number of esters is 1. The minimum atomic E-state index is -0.796. The van der Waals surface area contributed by atoms with Crippen molar-refractivity contribution in [3.8, 4) is 11.5 Å². The summed E-state index contributed by atoms with van der Waals surface area (Å²) in [5, 5.41) is 10.2. The van der Waals surface area contributed by atoms with Crippen molar-refractivity contribution >= 4 is 5.97 Å². The maximum Gasteiger partial charge on any atom is 0.308 e. The lowest BCUT2D eigenvalue weighted by atomic mass is 9.97. The van der Waals surface area contributed by atoms with Crippen LogP contribution in [0.5, 0.6) is 11.5 Å². The molecule has 1 rings (SSSR count).